The number of esters is 1. The van der Waals surface area contributed by atoms with Crippen LogP contribution in [0, 0.1) is 12.8 Å². The number of ether oxygens (including phenoxy) is 1. The minimum atomic E-state index is -0.145. The van der Waals surface area contributed by atoms with Crippen molar-refractivity contribution < 1.29 is 14.3 Å². The molecule has 1 aromatic heterocycles. The van der Waals surface area contributed by atoms with E-state index in [1.54, 1.807) is 0 Å². The highest BCUT2D eigenvalue weighted by Crippen LogP contribution is 2.27. The van der Waals surface area contributed by atoms with Crippen LogP contribution < -0.4 is 0 Å². The zero-order valence-corrected chi connectivity index (χ0v) is 18.1. The van der Waals surface area contributed by atoms with Gasteiger partial charge in [-0.3, -0.25) is 9.59 Å². The van der Waals surface area contributed by atoms with Crippen LogP contribution in [0.1, 0.15) is 32.3 Å². The first-order chi connectivity index (χ1) is 14.0. The highest BCUT2D eigenvalue weighted by Gasteiger charge is 2.28. The maximum absolute atomic E-state index is 12.6. The van der Waals surface area contributed by atoms with Crippen LogP contribution in [-0.2, 0) is 20.9 Å². The van der Waals surface area contributed by atoms with Crippen molar-refractivity contribution in [3.8, 4) is 11.4 Å². The second-order valence-electron chi connectivity index (χ2n) is 7.06. The molecule has 0 spiro atoms. The van der Waals surface area contributed by atoms with E-state index >= 15 is 0 Å². The lowest BCUT2D eigenvalue weighted by molar-refractivity contribution is -0.151. The van der Waals surface area contributed by atoms with Crippen molar-refractivity contribution in [3.63, 3.8) is 0 Å². The zero-order valence-electron chi connectivity index (χ0n) is 17.3. The van der Waals surface area contributed by atoms with Crippen LogP contribution in [0.4, 0.5) is 0 Å². The number of likely N-dealkylation sites (tertiary alicyclic amines) is 1. The number of aromatic nitrogens is 3. The second-order valence-corrected chi connectivity index (χ2v) is 8.00. The maximum Gasteiger partial charge on any atom is 0.309 e. The molecule has 1 fully saturated rings. The summed E-state index contributed by atoms with van der Waals surface area (Å²) in [4.78, 5) is 26.3. The second kappa shape index (κ2) is 9.91. The molecule has 0 unspecified atom stereocenters. The number of aryl methyl sites for hydroxylation is 1. The lowest BCUT2D eigenvalue weighted by Crippen LogP contribution is -2.41. The van der Waals surface area contributed by atoms with E-state index in [2.05, 4.69) is 30.1 Å². The van der Waals surface area contributed by atoms with E-state index in [9.17, 15) is 9.59 Å². The standard InChI is InChI=1S/C21H28N4O3S/c1-4-25-19(17-9-7-6-8-15(17)3)22-23-21(25)29-14-18(26)24-12-10-16(11-13-24)20(27)28-5-2/h6-9,16H,4-5,10-14H2,1-3H3. The summed E-state index contributed by atoms with van der Waals surface area (Å²) in [5.74, 6) is 0.979. The van der Waals surface area contributed by atoms with Gasteiger partial charge in [-0.2, -0.15) is 0 Å². The Morgan fingerprint density at radius 1 is 1.17 bits per heavy atom. The lowest BCUT2D eigenvalue weighted by atomic mass is 9.97. The first-order valence-corrected chi connectivity index (χ1v) is 11.1. The predicted octanol–water partition coefficient (Wildman–Crippen LogP) is 3.17. The van der Waals surface area contributed by atoms with Crippen LogP contribution >= 0.6 is 11.8 Å². The van der Waals surface area contributed by atoms with Gasteiger partial charge in [0.25, 0.3) is 0 Å². The number of rotatable bonds is 7. The highest BCUT2D eigenvalue weighted by molar-refractivity contribution is 7.99. The lowest BCUT2D eigenvalue weighted by Gasteiger charge is -2.30. The van der Waals surface area contributed by atoms with Gasteiger partial charge < -0.3 is 14.2 Å². The van der Waals surface area contributed by atoms with Gasteiger partial charge in [0.2, 0.25) is 5.91 Å². The Labute approximate surface area is 175 Å². The summed E-state index contributed by atoms with van der Waals surface area (Å²) in [7, 11) is 0. The van der Waals surface area contributed by atoms with E-state index in [1.165, 1.54) is 11.8 Å². The van der Waals surface area contributed by atoms with Gasteiger partial charge in [-0.25, -0.2) is 0 Å². The minimum Gasteiger partial charge on any atom is -0.466 e. The average molecular weight is 417 g/mol. The summed E-state index contributed by atoms with van der Waals surface area (Å²) in [5, 5.41) is 9.44. The van der Waals surface area contributed by atoms with Crippen LogP contribution in [0.2, 0.25) is 0 Å². The Bertz CT molecular complexity index is 859. The van der Waals surface area contributed by atoms with Crippen molar-refractivity contribution in [2.45, 2.75) is 45.3 Å². The highest BCUT2D eigenvalue weighted by atomic mass is 32.2. The molecule has 0 aliphatic carbocycles. The normalized spacial score (nSPS) is 14.8. The number of nitrogens with zero attached hydrogens (tertiary/aromatic N) is 4. The van der Waals surface area contributed by atoms with Crippen LogP contribution in [0.15, 0.2) is 29.4 Å². The smallest absolute Gasteiger partial charge is 0.309 e. The van der Waals surface area contributed by atoms with E-state index in [-0.39, 0.29) is 17.8 Å². The molecule has 3 rings (SSSR count). The maximum atomic E-state index is 12.6. The monoisotopic (exact) mass is 416 g/mol. The third-order valence-corrected chi connectivity index (χ3v) is 6.16. The average Bonchev–Trinajstić information content (AvgIpc) is 3.15. The fraction of sp³-hybridized carbons (Fsp3) is 0.524. The molecule has 0 atom stereocenters. The number of amides is 1. The number of hydrogen-bond donors (Lipinski definition) is 0. The van der Waals surface area contributed by atoms with E-state index in [0.29, 0.717) is 38.3 Å². The van der Waals surface area contributed by atoms with E-state index in [4.69, 9.17) is 4.74 Å². The Morgan fingerprint density at radius 3 is 2.55 bits per heavy atom. The van der Waals surface area contributed by atoms with Gasteiger partial charge in [-0.15, -0.1) is 10.2 Å². The molecule has 0 radical (unpaired) electrons. The van der Waals surface area contributed by atoms with Crippen molar-refractivity contribution in [2.24, 2.45) is 5.92 Å². The van der Waals surface area contributed by atoms with Crippen LogP contribution in [0.5, 0.6) is 0 Å². The van der Waals surface area contributed by atoms with Gasteiger partial charge in [0.1, 0.15) is 0 Å². The predicted molar refractivity (Wildman–Crippen MR) is 113 cm³/mol. The summed E-state index contributed by atoms with van der Waals surface area (Å²) in [5.41, 5.74) is 2.20. The number of benzene rings is 1. The number of carbonyl (C=O) groups excluding carboxylic acids is 2. The summed E-state index contributed by atoms with van der Waals surface area (Å²) in [6, 6.07) is 8.09. The van der Waals surface area contributed by atoms with Gasteiger partial charge in [-0.05, 0) is 39.2 Å². The Morgan fingerprint density at radius 2 is 1.90 bits per heavy atom. The van der Waals surface area contributed by atoms with E-state index in [1.807, 2.05) is 34.6 Å². The topological polar surface area (TPSA) is 77.3 Å². The third-order valence-electron chi connectivity index (χ3n) is 5.21. The van der Waals surface area contributed by atoms with Gasteiger partial charge >= 0.3 is 5.97 Å². The summed E-state index contributed by atoms with van der Waals surface area (Å²) in [6.45, 7) is 8.25. The fourth-order valence-corrected chi connectivity index (χ4v) is 4.45. The molecule has 29 heavy (non-hydrogen) atoms. The Balaban J connectivity index is 1.59. The fourth-order valence-electron chi connectivity index (χ4n) is 3.55. The van der Waals surface area contributed by atoms with Crippen LogP contribution in [0.3, 0.4) is 0 Å². The molecule has 156 valence electrons. The molecule has 1 aliphatic heterocycles. The SMILES string of the molecule is CCOC(=O)C1CCN(C(=O)CSc2nnc(-c3ccccc3C)n2CC)CC1. The molecule has 1 amide bonds. The Kier molecular flexibility index (Phi) is 7.30. The van der Waals surface area contributed by atoms with Crippen molar-refractivity contribution >= 4 is 23.6 Å². The number of carbonyl (C=O) groups is 2. The zero-order chi connectivity index (χ0) is 20.8. The first kappa shape index (κ1) is 21.4. The van der Waals surface area contributed by atoms with Gasteiger partial charge in [-0.1, -0.05) is 36.0 Å². The molecule has 2 aromatic rings. The number of hydrogen-bond acceptors (Lipinski definition) is 6. The molecule has 2 heterocycles. The summed E-state index contributed by atoms with van der Waals surface area (Å²) >= 11 is 1.42. The largest absolute Gasteiger partial charge is 0.466 e. The molecule has 1 aromatic carbocycles. The van der Waals surface area contributed by atoms with E-state index < -0.39 is 0 Å². The minimum absolute atomic E-state index is 0.0698. The van der Waals surface area contributed by atoms with Gasteiger partial charge in [0, 0.05) is 25.2 Å². The number of piperidine rings is 1. The van der Waals surface area contributed by atoms with Crippen LogP contribution in [0.25, 0.3) is 11.4 Å². The molecule has 0 saturated carbocycles. The Hall–Kier alpha value is -2.35. The van der Waals surface area contributed by atoms with Crippen molar-refractivity contribution in [2.75, 3.05) is 25.4 Å². The van der Waals surface area contributed by atoms with Crippen LogP contribution in [-0.4, -0.2) is 57.0 Å². The molecular weight excluding hydrogens is 388 g/mol. The molecular formula is C21H28N4O3S. The molecule has 0 N–H and O–H groups in total. The van der Waals surface area contributed by atoms with Crippen molar-refractivity contribution in [1.82, 2.24) is 19.7 Å². The van der Waals surface area contributed by atoms with E-state index in [0.717, 1.165) is 28.7 Å². The quantitative estimate of drug-likeness (QED) is 0.510. The molecule has 7 nitrogen and oxygen atoms in total. The van der Waals surface area contributed by atoms with Crippen molar-refractivity contribution in [1.29, 1.82) is 0 Å². The molecule has 1 aliphatic rings. The molecule has 8 heteroatoms. The molecule has 1 saturated heterocycles. The third kappa shape index (κ3) is 4.98. The summed E-state index contributed by atoms with van der Waals surface area (Å²) < 4.78 is 7.14. The van der Waals surface area contributed by atoms with Gasteiger partial charge in [0.15, 0.2) is 11.0 Å². The van der Waals surface area contributed by atoms with Gasteiger partial charge in [0.05, 0.1) is 18.3 Å². The van der Waals surface area contributed by atoms with Crippen molar-refractivity contribution in [3.05, 3.63) is 29.8 Å². The number of thioether (sulfide) groups is 1. The molecule has 0 bridgehead atoms. The summed E-state index contributed by atoms with van der Waals surface area (Å²) in [6.07, 6.45) is 1.33. The first-order valence-electron chi connectivity index (χ1n) is 10.1.